The first-order valence-corrected chi connectivity index (χ1v) is 19.8. The molecule has 4 heteroatoms. The summed E-state index contributed by atoms with van der Waals surface area (Å²) < 4.78 is 9.47. The van der Waals surface area contributed by atoms with Crippen molar-refractivity contribution < 1.29 is 4.42 Å². The predicted molar refractivity (Wildman–Crippen MR) is 240 cm³/mol. The molecule has 272 valence electrons. The minimum atomic E-state index is -0.104. The third kappa shape index (κ3) is 5.50. The average Bonchev–Trinajstić information content (AvgIpc) is 3.74. The summed E-state index contributed by atoms with van der Waals surface area (Å²) in [7, 11) is 0.786. The first-order valence-electron chi connectivity index (χ1n) is 19.8. The van der Waals surface area contributed by atoms with Crippen LogP contribution in [0.4, 0.5) is 11.4 Å². The molecule has 3 heterocycles. The van der Waals surface area contributed by atoms with Crippen molar-refractivity contribution in [1.82, 2.24) is 4.57 Å². The smallest absolute Gasteiger partial charge is 0.198 e. The summed E-state index contributed by atoms with van der Waals surface area (Å²) in [6.07, 6.45) is 0. The zero-order valence-electron chi connectivity index (χ0n) is 33.0. The second-order valence-corrected chi connectivity index (χ2v) is 17.5. The molecular weight excluding hydrogens is 679 g/mol. The Morgan fingerprint density at radius 1 is 0.589 bits per heavy atom. The minimum absolute atomic E-state index is 0.0973. The van der Waals surface area contributed by atoms with Crippen molar-refractivity contribution in [3.8, 4) is 39.3 Å². The quantitative estimate of drug-likeness (QED) is 0.179. The number of hydrogen-bond acceptors (Lipinski definition) is 2. The summed E-state index contributed by atoms with van der Waals surface area (Å²) in [6, 6.07) is 55.1. The van der Waals surface area contributed by atoms with E-state index < -0.39 is 0 Å². The fourth-order valence-corrected chi connectivity index (χ4v) is 8.92. The van der Waals surface area contributed by atoms with E-state index in [1.165, 1.54) is 60.7 Å². The Labute approximate surface area is 329 Å². The maximum absolute atomic E-state index is 6.91. The van der Waals surface area contributed by atoms with Crippen molar-refractivity contribution in [2.45, 2.75) is 52.4 Å². The van der Waals surface area contributed by atoms with Gasteiger partial charge in [0.15, 0.2) is 7.28 Å². The van der Waals surface area contributed by atoms with E-state index in [0.717, 1.165) is 52.1 Å². The van der Waals surface area contributed by atoms with Gasteiger partial charge in [0.05, 0.1) is 5.52 Å². The Balaban J connectivity index is 1.25. The van der Waals surface area contributed by atoms with Crippen LogP contribution in [0.2, 0.25) is 0 Å². The lowest BCUT2D eigenvalue weighted by molar-refractivity contribution is 0.590. The molecule has 1 aliphatic rings. The lowest BCUT2D eigenvalue weighted by atomic mass is 9.58. The van der Waals surface area contributed by atoms with E-state index in [-0.39, 0.29) is 10.8 Å². The van der Waals surface area contributed by atoms with E-state index in [0.29, 0.717) is 0 Å². The molecule has 0 bridgehead atoms. The molecule has 0 aliphatic carbocycles. The fraction of sp³-hybridized carbons (Fsp3) is 0.154. The highest BCUT2D eigenvalue weighted by molar-refractivity contribution is 6.73. The van der Waals surface area contributed by atoms with Crippen molar-refractivity contribution in [3.63, 3.8) is 0 Å². The molecule has 2 aromatic heterocycles. The second kappa shape index (κ2) is 12.6. The van der Waals surface area contributed by atoms with Gasteiger partial charge in [-0.25, -0.2) is 0 Å². The van der Waals surface area contributed by atoms with E-state index in [2.05, 4.69) is 203 Å². The van der Waals surface area contributed by atoms with Gasteiger partial charge >= 0.3 is 0 Å². The Morgan fingerprint density at radius 3 is 1.96 bits per heavy atom. The molecule has 7 aromatic carbocycles. The normalized spacial score (nSPS) is 12.6. The van der Waals surface area contributed by atoms with E-state index in [1.54, 1.807) is 0 Å². The van der Waals surface area contributed by atoms with Crippen LogP contribution in [0.3, 0.4) is 0 Å². The first kappa shape index (κ1) is 34.3. The molecule has 1 aliphatic heterocycles. The van der Waals surface area contributed by atoms with Crippen LogP contribution in [-0.2, 0) is 10.8 Å². The maximum atomic E-state index is 6.91. The number of nitrogens with one attached hydrogen (secondary N) is 1. The zero-order valence-corrected chi connectivity index (χ0v) is 33.0. The van der Waals surface area contributed by atoms with Crippen LogP contribution in [0.25, 0.3) is 72.0 Å². The van der Waals surface area contributed by atoms with E-state index in [9.17, 15) is 0 Å². The van der Waals surface area contributed by atoms with Crippen LogP contribution in [0.5, 0.6) is 0 Å². The van der Waals surface area contributed by atoms with E-state index >= 15 is 0 Å². The number of para-hydroxylation sites is 2. The lowest BCUT2D eigenvalue weighted by Gasteiger charge is -2.28. The van der Waals surface area contributed by atoms with Gasteiger partial charge in [0, 0.05) is 55.4 Å². The molecule has 0 saturated carbocycles. The highest BCUT2D eigenvalue weighted by Crippen LogP contribution is 2.45. The minimum Gasteiger partial charge on any atom is -0.455 e. The zero-order chi connectivity index (χ0) is 38.3. The van der Waals surface area contributed by atoms with Gasteiger partial charge in [-0.1, -0.05) is 162 Å². The molecular formula is C52H45BN2O. The van der Waals surface area contributed by atoms with Crippen molar-refractivity contribution in [1.29, 1.82) is 0 Å². The summed E-state index contributed by atoms with van der Waals surface area (Å²) in [5, 5.41) is 7.59. The Morgan fingerprint density at radius 2 is 1.25 bits per heavy atom. The van der Waals surface area contributed by atoms with Gasteiger partial charge < -0.3 is 14.3 Å². The molecule has 9 aromatic rings. The highest BCUT2D eigenvalue weighted by atomic mass is 16.3. The van der Waals surface area contributed by atoms with E-state index in [1.807, 2.05) is 0 Å². The number of hydrogen-bond donors (Lipinski definition) is 1. The number of fused-ring (bicyclic) bond motifs is 6. The van der Waals surface area contributed by atoms with Gasteiger partial charge in [-0.2, -0.15) is 0 Å². The first-order chi connectivity index (χ1) is 27.0. The van der Waals surface area contributed by atoms with Crippen LogP contribution in [0.1, 0.15) is 52.7 Å². The van der Waals surface area contributed by atoms with Crippen molar-refractivity contribution in [2.24, 2.45) is 0 Å². The van der Waals surface area contributed by atoms with Gasteiger partial charge in [0.2, 0.25) is 0 Å². The summed E-state index contributed by atoms with van der Waals surface area (Å²) in [5.74, 6) is 0.903. The van der Waals surface area contributed by atoms with Crippen LogP contribution >= 0.6 is 0 Å². The van der Waals surface area contributed by atoms with Crippen molar-refractivity contribution >= 4 is 62.4 Å². The number of furan rings is 1. The molecule has 0 fully saturated rings. The van der Waals surface area contributed by atoms with Crippen LogP contribution < -0.4 is 16.2 Å². The predicted octanol–water partition coefficient (Wildman–Crippen LogP) is 12.6. The summed E-state index contributed by atoms with van der Waals surface area (Å²) in [6.45, 7) is 13.8. The molecule has 0 amide bonds. The van der Waals surface area contributed by atoms with Crippen LogP contribution in [0.15, 0.2) is 156 Å². The fourth-order valence-electron chi connectivity index (χ4n) is 8.92. The molecule has 0 spiro atoms. The maximum Gasteiger partial charge on any atom is 0.198 e. The molecule has 1 N–H and O–H groups in total. The molecule has 3 nitrogen and oxygen atoms in total. The third-order valence-electron chi connectivity index (χ3n) is 11.7. The number of anilines is 2. The SMILES string of the molecule is CC(C)(C)c1ccc(Nc2ccccc2-c2cc(C(C)(C)C)c3c4ccccc4n4c3c2Bc2cc3oc(-c5ccccc5)c(-c5ccccc5)c3cc2-4)cc1. The lowest BCUT2D eigenvalue weighted by Crippen LogP contribution is -2.37. The third-order valence-corrected chi connectivity index (χ3v) is 11.7. The number of nitrogens with zero attached hydrogens (tertiary/aromatic N) is 1. The van der Waals surface area contributed by atoms with Crippen LogP contribution in [0, 0.1) is 0 Å². The number of benzene rings is 7. The molecule has 0 saturated heterocycles. The Hall–Kier alpha value is -6.26. The summed E-state index contributed by atoms with van der Waals surface area (Å²) in [4.78, 5) is 0. The summed E-state index contributed by atoms with van der Waals surface area (Å²) in [5.41, 5.74) is 17.9. The molecule has 56 heavy (non-hydrogen) atoms. The summed E-state index contributed by atoms with van der Waals surface area (Å²) >= 11 is 0. The van der Waals surface area contributed by atoms with Gasteiger partial charge in [-0.3, -0.25) is 0 Å². The van der Waals surface area contributed by atoms with Gasteiger partial charge in [-0.05, 0) is 74.9 Å². The standard InChI is InChI=1S/C52H45BN2O/c1-51(2,3)34-25-27-35(28-26-34)54-42-23-15-13-21-36(42)38-29-40(52(4,5)6)47-37-22-14-16-24-43(37)55-44-30-39-45(31-41(44)53-48(38)49(47)55)56-50(33-19-11-8-12-20-33)46(39)32-17-9-7-10-18-32/h7-31,53-54H,1-6H3. The van der Waals surface area contributed by atoms with Gasteiger partial charge in [-0.15, -0.1) is 0 Å². The Bertz CT molecular complexity index is 2960. The van der Waals surface area contributed by atoms with Crippen molar-refractivity contribution in [2.75, 3.05) is 5.32 Å². The largest absolute Gasteiger partial charge is 0.455 e. The van der Waals surface area contributed by atoms with Gasteiger partial charge in [0.1, 0.15) is 11.3 Å². The van der Waals surface area contributed by atoms with Crippen molar-refractivity contribution in [3.05, 3.63) is 163 Å². The molecule has 0 atom stereocenters. The van der Waals surface area contributed by atoms with Crippen LogP contribution in [-0.4, -0.2) is 11.8 Å². The molecule has 0 radical (unpaired) electrons. The average molecular weight is 725 g/mol. The molecule has 0 unspecified atom stereocenters. The second-order valence-electron chi connectivity index (χ2n) is 17.5. The van der Waals surface area contributed by atoms with E-state index in [4.69, 9.17) is 4.42 Å². The highest BCUT2D eigenvalue weighted by Gasteiger charge is 2.32. The number of aromatic nitrogens is 1. The topological polar surface area (TPSA) is 30.1 Å². The number of rotatable bonds is 5. The Kier molecular flexibility index (Phi) is 7.73. The molecule has 10 rings (SSSR count). The van der Waals surface area contributed by atoms with Gasteiger partial charge in [0.25, 0.3) is 0 Å². The monoisotopic (exact) mass is 724 g/mol.